The molecule has 2 aliphatic heterocycles. The molecule has 2 heterocycles. The molecule has 160 valence electrons. The van der Waals surface area contributed by atoms with Crippen LogP contribution in [0, 0.1) is 19.8 Å². The lowest BCUT2D eigenvalue weighted by Gasteiger charge is -2.31. The molecule has 1 amide bonds. The summed E-state index contributed by atoms with van der Waals surface area (Å²) < 4.78 is 4.55. The van der Waals surface area contributed by atoms with Gasteiger partial charge in [-0.15, -0.1) is 5.10 Å². The Hall–Kier alpha value is -2.45. The van der Waals surface area contributed by atoms with Crippen molar-refractivity contribution in [2.75, 3.05) is 20.2 Å². The van der Waals surface area contributed by atoms with Crippen molar-refractivity contribution in [1.29, 1.82) is 0 Å². The highest BCUT2D eigenvalue weighted by Crippen LogP contribution is 2.24. The van der Waals surface area contributed by atoms with Crippen molar-refractivity contribution >= 4 is 35.0 Å². The average Bonchev–Trinajstić information content (AvgIpc) is 3.04. The molecule has 0 spiro atoms. The number of carbonyl (C=O) groups is 2. The smallest absolute Gasteiger partial charge is 0.331 e. The molecule has 1 unspecified atom stereocenters. The third kappa shape index (κ3) is 5.79. The second-order valence-corrected chi connectivity index (χ2v) is 8.89. The summed E-state index contributed by atoms with van der Waals surface area (Å²) in [5.41, 5.74) is 4.70. The summed E-state index contributed by atoms with van der Waals surface area (Å²) in [6.07, 6.45) is 5.43. The van der Waals surface area contributed by atoms with Gasteiger partial charge in [0.15, 0.2) is 5.17 Å². The number of nitrogens with zero attached hydrogens (tertiary/aromatic N) is 3. The highest BCUT2D eigenvalue weighted by atomic mass is 32.2. The van der Waals surface area contributed by atoms with Crippen LogP contribution >= 0.6 is 11.8 Å². The number of methoxy groups -OCH3 is 1. The Morgan fingerprint density at radius 2 is 2.20 bits per heavy atom. The number of likely N-dealkylation sites (tertiary alicyclic amines) is 1. The monoisotopic (exact) mass is 428 g/mol. The molecule has 8 heteroatoms. The van der Waals surface area contributed by atoms with E-state index in [9.17, 15) is 9.59 Å². The van der Waals surface area contributed by atoms with Crippen molar-refractivity contribution in [3.63, 3.8) is 0 Å². The molecule has 2 aliphatic rings. The molecule has 1 N–H and O–H groups in total. The maximum absolute atomic E-state index is 11.9. The Balaban J connectivity index is 1.72. The number of hydrogen-bond acceptors (Lipinski definition) is 7. The van der Waals surface area contributed by atoms with Gasteiger partial charge in [-0.05, 0) is 67.6 Å². The lowest BCUT2D eigenvalue weighted by atomic mass is 9.96. The first-order valence-electron chi connectivity index (χ1n) is 10.1. The predicted octanol–water partition coefficient (Wildman–Crippen LogP) is 3.15. The fourth-order valence-corrected chi connectivity index (χ4v) is 4.46. The number of rotatable bonds is 5. The Kier molecular flexibility index (Phi) is 7.44. The Bertz CT molecular complexity index is 923. The summed E-state index contributed by atoms with van der Waals surface area (Å²) in [7, 11) is 1.26. The van der Waals surface area contributed by atoms with Crippen LogP contribution in [-0.4, -0.2) is 48.4 Å². The molecule has 0 aliphatic carbocycles. The summed E-state index contributed by atoms with van der Waals surface area (Å²) in [5.74, 6) is -0.217. The van der Waals surface area contributed by atoms with Crippen molar-refractivity contribution in [1.82, 2.24) is 10.2 Å². The Labute approximate surface area is 181 Å². The normalized spacial score (nSPS) is 22.8. The lowest BCUT2D eigenvalue weighted by molar-refractivity contribution is -0.135. The molecule has 3 rings (SSSR count). The molecule has 7 nitrogen and oxygen atoms in total. The first kappa shape index (κ1) is 22.2. The van der Waals surface area contributed by atoms with E-state index in [2.05, 4.69) is 58.1 Å². The topological polar surface area (TPSA) is 83.4 Å². The van der Waals surface area contributed by atoms with Gasteiger partial charge in [0, 0.05) is 19.2 Å². The number of nitrogens with one attached hydrogen (secondary N) is 1. The van der Waals surface area contributed by atoms with E-state index in [0.29, 0.717) is 5.17 Å². The van der Waals surface area contributed by atoms with Crippen LogP contribution in [0.5, 0.6) is 0 Å². The zero-order valence-corrected chi connectivity index (χ0v) is 18.7. The fraction of sp³-hybridized carbons (Fsp3) is 0.455. The number of piperidine rings is 1. The molecule has 2 fully saturated rings. The van der Waals surface area contributed by atoms with E-state index >= 15 is 0 Å². The van der Waals surface area contributed by atoms with E-state index in [4.69, 9.17) is 0 Å². The van der Waals surface area contributed by atoms with Crippen LogP contribution in [0.3, 0.4) is 0 Å². The van der Waals surface area contributed by atoms with E-state index in [1.807, 2.05) is 0 Å². The van der Waals surface area contributed by atoms with Crippen molar-refractivity contribution in [3.05, 3.63) is 45.4 Å². The Morgan fingerprint density at radius 1 is 1.40 bits per heavy atom. The van der Waals surface area contributed by atoms with E-state index in [1.54, 1.807) is 6.21 Å². The molecule has 1 atom stereocenters. The van der Waals surface area contributed by atoms with Crippen molar-refractivity contribution in [3.8, 4) is 0 Å². The predicted molar refractivity (Wildman–Crippen MR) is 120 cm³/mol. The largest absolute Gasteiger partial charge is 0.466 e. The number of ether oxygens (including phenoxy) is 1. The minimum absolute atomic E-state index is 0.237. The van der Waals surface area contributed by atoms with E-state index in [-0.39, 0.29) is 10.8 Å². The van der Waals surface area contributed by atoms with E-state index < -0.39 is 5.97 Å². The van der Waals surface area contributed by atoms with Gasteiger partial charge in [-0.2, -0.15) is 5.10 Å². The molecular weight excluding hydrogens is 400 g/mol. The highest BCUT2D eigenvalue weighted by molar-refractivity contribution is 8.18. The fourth-order valence-electron chi connectivity index (χ4n) is 3.72. The molecule has 1 aromatic rings. The average molecular weight is 429 g/mol. The molecular formula is C22H28N4O3S. The van der Waals surface area contributed by atoms with Crippen LogP contribution in [-0.2, 0) is 20.9 Å². The number of thioether (sulfide) groups is 1. The van der Waals surface area contributed by atoms with Crippen LogP contribution in [0.15, 0.2) is 33.3 Å². The van der Waals surface area contributed by atoms with Crippen molar-refractivity contribution in [2.45, 2.75) is 40.2 Å². The lowest BCUT2D eigenvalue weighted by Crippen LogP contribution is -2.34. The quantitative estimate of drug-likeness (QED) is 0.337. The maximum Gasteiger partial charge on any atom is 0.331 e. The molecule has 2 saturated heterocycles. The molecule has 0 radical (unpaired) electrons. The summed E-state index contributed by atoms with van der Waals surface area (Å²) in [6.45, 7) is 9.75. The van der Waals surface area contributed by atoms with Crippen molar-refractivity contribution < 1.29 is 14.3 Å². The maximum atomic E-state index is 11.9. The SMILES string of the molecule is COC(=O)/C=C1/S/C(=N\N=Cc2cc(C)cc(CN3CCCC(C)C3)c2C)NC1=O. The van der Waals surface area contributed by atoms with Gasteiger partial charge >= 0.3 is 5.97 Å². The van der Waals surface area contributed by atoms with Gasteiger partial charge in [-0.25, -0.2) is 4.79 Å². The van der Waals surface area contributed by atoms with Gasteiger partial charge in [0.1, 0.15) is 0 Å². The zero-order valence-electron chi connectivity index (χ0n) is 17.9. The number of amides is 1. The van der Waals surface area contributed by atoms with Gasteiger partial charge in [0.05, 0.1) is 18.2 Å². The number of hydrogen-bond donors (Lipinski definition) is 1. The van der Waals surface area contributed by atoms with Gasteiger partial charge in [0.2, 0.25) is 0 Å². The third-order valence-corrected chi connectivity index (χ3v) is 6.18. The molecule has 0 saturated carbocycles. The van der Waals surface area contributed by atoms with Gasteiger partial charge in [0.25, 0.3) is 5.91 Å². The molecule has 0 aromatic heterocycles. The molecule has 1 aromatic carbocycles. The second-order valence-electron chi connectivity index (χ2n) is 7.86. The number of aryl methyl sites for hydroxylation is 1. The summed E-state index contributed by atoms with van der Waals surface area (Å²) in [5, 5.41) is 11.2. The first-order chi connectivity index (χ1) is 14.4. The van der Waals surface area contributed by atoms with Gasteiger partial charge in [-0.3, -0.25) is 15.0 Å². The van der Waals surface area contributed by atoms with Crippen LogP contribution in [0.1, 0.15) is 42.0 Å². The Morgan fingerprint density at radius 3 is 2.93 bits per heavy atom. The minimum Gasteiger partial charge on any atom is -0.466 e. The second kappa shape index (κ2) is 10.0. The first-order valence-corrected chi connectivity index (χ1v) is 10.9. The van der Waals surface area contributed by atoms with Crippen molar-refractivity contribution in [2.24, 2.45) is 16.1 Å². The number of benzene rings is 1. The minimum atomic E-state index is -0.580. The number of amidine groups is 1. The molecule has 30 heavy (non-hydrogen) atoms. The third-order valence-electron chi connectivity index (χ3n) is 5.28. The summed E-state index contributed by atoms with van der Waals surface area (Å²) in [6, 6.07) is 4.33. The van der Waals surface area contributed by atoms with E-state index in [1.165, 1.54) is 36.6 Å². The zero-order chi connectivity index (χ0) is 21.7. The van der Waals surface area contributed by atoms with Gasteiger partial charge in [-0.1, -0.05) is 24.6 Å². The van der Waals surface area contributed by atoms with Crippen LogP contribution in [0.25, 0.3) is 0 Å². The van der Waals surface area contributed by atoms with Gasteiger partial charge < -0.3 is 4.74 Å². The number of carbonyl (C=O) groups excluding carboxylic acids is 2. The number of esters is 1. The van der Waals surface area contributed by atoms with E-state index in [0.717, 1.165) is 49.0 Å². The summed E-state index contributed by atoms with van der Waals surface area (Å²) in [4.78, 5) is 26.0. The summed E-state index contributed by atoms with van der Waals surface area (Å²) >= 11 is 1.06. The molecule has 0 bridgehead atoms. The van der Waals surface area contributed by atoms with Crippen LogP contribution < -0.4 is 5.32 Å². The highest BCUT2D eigenvalue weighted by Gasteiger charge is 2.25. The van der Waals surface area contributed by atoms with Crippen LogP contribution in [0.2, 0.25) is 0 Å². The van der Waals surface area contributed by atoms with Crippen LogP contribution in [0.4, 0.5) is 0 Å². The standard InChI is InChI=1S/C22H28N4O3S/c1-14-6-5-7-26(12-14)13-18-9-15(2)8-17(16(18)3)11-23-25-22-24-21(28)19(30-22)10-20(27)29-4/h8-11,14H,5-7,12-13H2,1-4H3,(H,24,25,28)/b19-10+,23-11?.